The van der Waals surface area contributed by atoms with E-state index < -0.39 is 0 Å². The molecule has 2 aromatic carbocycles. The molecule has 0 spiro atoms. The summed E-state index contributed by atoms with van der Waals surface area (Å²) in [5, 5.41) is 9.78. The lowest BCUT2D eigenvalue weighted by Gasteiger charge is -2.05. The molecule has 2 rings (SSSR count). The predicted octanol–water partition coefficient (Wildman–Crippen LogP) is 4.42. The van der Waals surface area contributed by atoms with Crippen LogP contribution >= 0.6 is 15.9 Å². The Morgan fingerprint density at radius 3 is 2.74 bits per heavy atom. The second-order valence-electron chi connectivity index (χ2n) is 4.12. The lowest BCUT2D eigenvalue weighted by Crippen LogP contribution is -1.87. The molecule has 0 saturated carbocycles. The smallest absolute Gasteiger partial charge is 0.119 e. The van der Waals surface area contributed by atoms with Gasteiger partial charge in [-0.2, -0.15) is 0 Å². The number of phenolic OH excluding ortho intramolecular Hbond substituents is 1. The van der Waals surface area contributed by atoms with E-state index in [0.29, 0.717) is 6.42 Å². The maximum Gasteiger partial charge on any atom is 0.119 e. The van der Waals surface area contributed by atoms with Gasteiger partial charge in [0.05, 0.1) is 7.11 Å². The van der Waals surface area contributed by atoms with Crippen LogP contribution in [-0.2, 0) is 6.42 Å². The maximum absolute atomic E-state index is 9.78. The van der Waals surface area contributed by atoms with Gasteiger partial charge in [0, 0.05) is 10.0 Å². The van der Waals surface area contributed by atoms with Crippen LogP contribution in [0.4, 0.5) is 0 Å². The highest BCUT2D eigenvalue weighted by Crippen LogP contribution is 2.24. The first-order chi connectivity index (χ1) is 9.20. The Balaban J connectivity index is 2.12. The standard InChI is InChI=1S/C16H15BrO2/c1-19-14-9-10-16(18)13(11-14)7-4-6-12-5-2-3-8-15(12)17/h2-6,8-11,18H,7H2,1H3/b6-4+. The summed E-state index contributed by atoms with van der Waals surface area (Å²) >= 11 is 3.50. The monoisotopic (exact) mass is 318 g/mol. The van der Waals surface area contributed by atoms with Crippen LogP contribution < -0.4 is 4.74 Å². The molecule has 0 aliphatic heterocycles. The molecule has 0 unspecified atom stereocenters. The number of ether oxygens (including phenoxy) is 1. The molecular weight excluding hydrogens is 304 g/mol. The normalized spacial score (nSPS) is 10.8. The van der Waals surface area contributed by atoms with Gasteiger partial charge in [-0.05, 0) is 36.2 Å². The second kappa shape index (κ2) is 6.43. The van der Waals surface area contributed by atoms with Crippen molar-refractivity contribution in [1.29, 1.82) is 0 Å². The van der Waals surface area contributed by atoms with Crippen LogP contribution in [0.2, 0.25) is 0 Å². The third-order valence-corrected chi connectivity index (χ3v) is 3.55. The molecule has 0 amide bonds. The second-order valence-corrected chi connectivity index (χ2v) is 4.98. The minimum atomic E-state index is 0.289. The summed E-state index contributed by atoms with van der Waals surface area (Å²) in [5.41, 5.74) is 1.97. The molecule has 3 heteroatoms. The Kier molecular flexibility index (Phi) is 4.63. The fraction of sp³-hybridized carbons (Fsp3) is 0.125. The first kappa shape index (κ1) is 13.7. The summed E-state index contributed by atoms with van der Waals surface area (Å²) in [6.07, 6.45) is 4.71. The molecule has 0 aromatic heterocycles. The number of allylic oxidation sites excluding steroid dienone is 1. The quantitative estimate of drug-likeness (QED) is 0.904. The van der Waals surface area contributed by atoms with Crippen molar-refractivity contribution < 1.29 is 9.84 Å². The number of phenols is 1. The van der Waals surface area contributed by atoms with Gasteiger partial charge in [-0.25, -0.2) is 0 Å². The van der Waals surface area contributed by atoms with E-state index in [4.69, 9.17) is 4.74 Å². The first-order valence-electron chi connectivity index (χ1n) is 5.97. The van der Waals surface area contributed by atoms with Crippen LogP contribution in [0.1, 0.15) is 11.1 Å². The van der Waals surface area contributed by atoms with Gasteiger partial charge in [-0.3, -0.25) is 0 Å². The minimum absolute atomic E-state index is 0.289. The van der Waals surface area contributed by atoms with Gasteiger partial charge in [0.25, 0.3) is 0 Å². The summed E-state index contributed by atoms with van der Waals surface area (Å²) in [6, 6.07) is 13.3. The van der Waals surface area contributed by atoms with Gasteiger partial charge in [0.1, 0.15) is 11.5 Å². The number of hydrogen-bond donors (Lipinski definition) is 1. The van der Waals surface area contributed by atoms with Gasteiger partial charge in [0.2, 0.25) is 0 Å². The predicted molar refractivity (Wildman–Crippen MR) is 81.5 cm³/mol. The average Bonchev–Trinajstić information content (AvgIpc) is 2.43. The van der Waals surface area contributed by atoms with Crippen LogP contribution in [0.25, 0.3) is 6.08 Å². The van der Waals surface area contributed by atoms with Crippen LogP contribution in [0.15, 0.2) is 53.0 Å². The third kappa shape index (κ3) is 3.61. The molecular formula is C16H15BrO2. The van der Waals surface area contributed by atoms with E-state index >= 15 is 0 Å². The zero-order valence-electron chi connectivity index (χ0n) is 10.6. The van der Waals surface area contributed by atoms with E-state index in [0.717, 1.165) is 21.3 Å². The maximum atomic E-state index is 9.78. The van der Waals surface area contributed by atoms with E-state index in [-0.39, 0.29) is 5.75 Å². The van der Waals surface area contributed by atoms with E-state index in [1.807, 2.05) is 42.5 Å². The molecule has 0 heterocycles. The largest absolute Gasteiger partial charge is 0.508 e. The number of methoxy groups -OCH3 is 1. The first-order valence-corrected chi connectivity index (χ1v) is 6.77. The molecule has 0 aliphatic carbocycles. The van der Waals surface area contributed by atoms with Crippen molar-refractivity contribution >= 4 is 22.0 Å². The summed E-state index contributed by atoms with van der Waals surface area (Å²) < 4.78 is 6.21. The third-order valence-electron chi connectivity index (χ3n) is 2.83. The zero-order chi connectivity index (χ0) is 13.7. The Bertz CT molecular complexity index is 591. The van der Waals surface area contributed by atoms with Gasteiger partial charge in [0.15, 0.2) is 0 Å². The van der Waals surface area contributed by atoms with Crippen molar-refractivity contribution in [3.63, 3.8) is 0 Å². The van der Waals surface area contributed by atoms with Crippen molar-refractivity contribution in [3.05, 3.63) is 64.1 Å². The molecule has 0 saturated heterocycles. The summed E-state index contributed by atoms with van der Waals surface area (Å²) in [7, 11) is 1.62. The van der Waals surface area contributed by atoms with E-state index in [9.17, 15) is 5.11 Å². The molecule has 0 fully saturated rings. The molecule has 0 bridgehead atoms. The summed E-state index contributed by atoms with van der Waals surface area (Å²) in [4.78, 5) is 0. The van der Waals surface area contributed by atoms with Gasteiger partial charge in [-0.1, -0.05) is 46.3 Å². The van der Waals surface area contributed by atoms with E-state index in [1.54, 1.807) is 19.2 Å². The van der Waals surface area contributed by atoms with Crippen molar-refractivity contribution in [2.24, 2.45) is 0 Å². The highest BCUT2D eigenvalue weighted by Gasteiger charge is 2.01. The molecule has 98 valence electrons. The summed E-state index contributed by atoms with van der Waals surface area (Å²) in [5.74, 6) is 1.04. The number of aromatic hydroxyl groups is 1. The summed E-state index contributed by atoms with van der Waals surface area (Å²) in [6.45, 7) is 0. The van der Waals surface area contributed by atoms with Crippen molar-refractivity contribution in [1.82, 2.24) is 0 Å². The Labute approximate surface area is 121 Å². The molecule has 0 atom stereocenters. The Hall–Kier alpha value is -1.74. The number of rotatable bonds is 4. The van der Waals surface area contributed by atoms with Gasteiger partial charge in [-0.15, -0.1) is 0 Å². The fourth-order valence-corrected chi connectivity index (χ4v) is 2.19. The van der Waals surface area contributed by atoms with Gasteiger partial charge < -0.3 is 9.84 Å². The number of halogens is 1. The topological polar surface area (TPSA) is 29.5 Å². The number of hydrogen-bond acceptors (Lipinski definition) is 2. The highest BCUT2D eigenvalue weighted by atomic mass is 79.9. The Morgan fingerprint density at radius 1 is 1.21 bits per heavy atom. The lowest BCUT2D eigenvalue weighted by molar-refractivity contribution is 0.411. The number of benzene rings is 2. The molecule has 2 aromatic rings. The van der Waals surface area contributed by atoms with Crippen molar-refractivity contribution in [2.75, 3.05) is 7.11 Å². The molecule has 0 aliphatic rings. The van der Waals surface area contributed by atoms with Gasteiger partial charge >= 0.3 is 0 Å². The lowest BCUT2D eigenvalue weighted by atomic mass is 10.1. The SMILES string of the molecule is COc1ccc(O)c(C/C=C/c2ccccc2Br)c1. The minimum Gasteiger partial charge on any atom is -0.508 e. The van der Waals surface area contributed by atoms with Crippen LogP contribution in [-0.4, -0.2) is 12.2 Å². The van der Waals surface area contributed by atoms with Crippen molar-refractivity contribution in [3.8, 4) is 11.5 Å². The van der Waals surface area contributed by atoms with E-state index in [1.165, 1.54) is 0 Å². The zero-order valence-corrected chi connectivity index (χ0v) is 12.2. The molecule has 0 radical (unpaired) electrons. The Morgan fingerprint density at radius 2 is 2.00 bits per heavy atom. The fourth-order valence-electron chi connectivity index (χ4n) is 1.78. The van der Waals surface area contributed by atoms with Crippen LogP contribution in [0.3, 0.4) is 0 Å². The molecule has 2 nitrogen and oxygen atoms in total. The highest BCUT2D eigenvalue weighted by molar-refractivity contribution is 9.10. The van der Waals surface area contributed by atoms with E-state index in [2.05, 4.69) is 15.9 Å². The van der Waals surface area contributed by atoms with Crippen LogP contribution in [0, 0.1) is 0 Å². The van der Waals surface area contributed by atoms with Crippen molar-refractivity contribution in [2.45, 2.75) is 6.42 Å². The average molecular weight is 319 g/mol. The molecule has 19 heavy (non-hydrogen) atoms. The molecule has 1 N–H and O–H groups in total. The van der Waals surface area contributed by atoms with Crippen LogP contribution in [0.5, 0.6) is 11.5 Å².